The average Bonchev–Trinajstić information content (AvgIpc) is 2.55. The third-order valence-electron chi connectivity index (χ3n) is 3.43. The van der Waals surface area contributed by atoms with E-state index in [9.17, 15) is 16.8 Å². The minimum Gasteiger partial charge on any atom is -0.379 e. The molecule has 0 amide bonds. The Morgan fingerprint density at radius 1 is 0.875 bits per heavy atom. The molecule has 0 aliphatic carbocycles. The van der Waals surface area contributed by atoms with E-state index in [4.69, 9.17) is 4.18 Å². The molecule has 0 saturated heterocycles. The van der Waals surface area contributed by atoms with Gasteiger partial charge in [0, 0.05) is 0 Å². The Labute approximate surface area is 142 Å². The van der Waals surface area contributed by atoms with Crippen molar-refractivity contribution in [2.24, 2.45) is 0 Å². The maximum Gasteiger partial charge on any atom is 0.339 e. The van der Waals surface area contributed by atoms with Crippen molar-refractivity contribution in [3.05, 3.63) is 54.1 Å². The smallest absolute Gasteiger partial charge is 0.339 e. The van der Waals surface area contributed by atoms with Crippen molar-refractivity contribution in [2.45, 2.75) is 29.6 Å². The first-order valence-electron chi connectivity index (χ1n) is 7.24. The molecule has 130 valence electrons. The molecule has 0 unspecified atom stereocenters. The number of para-hydroxylation sites is 1. The molecule has 0 radical (unpaired) electrons. The van der Waals surface area contributed by atoms with Gasteiger partial charge < -0.3 is 4.18 Å². The lowest BCUT2D eigenvalue weighted by atomic mass is 10.0. The number of nitrogens with one attached hydrogen (secondary N) is 1. The molecule has 0 fully saturated rings. The fraction of sp³-hybridized carbons (Fsp3) is 0.250. The second kappa shape index (κ2) is 6.92. The predicted octanol–water partition coefficient (Wildman–Crippen LogP) is 2.49. The summed E-state index contributed by atoms with van der Waals surface area (Å²) in [6.45, 7) is 3.87. The third-order valence-corrected chi connectivity index (χ3v) is 6.11. The SMILES string of the molecule is CNS(=O)(=O)c1ccc(S(=O)(=O)Oc2ccccc2C(C)C)cc1. The van der Waals surface area contributed by atoms with Crippen molar-refractivity contribution in [1.82, 2.24) is 4.72 Å². The lowest BCUT2D eigenvalue weighted by molar-refractivity contribution is 0.481. The van der Waals surface area contributed by atoms with Gasteiger partial charge in [-0.15, -0.1) is 0 Å². The van der Waals surface area contributed by atoms with Gasteiger partial charge in [0.25, 0.3) is 0 Å². The lowest BCUT2D eigenvalue weighted by Gasteiger charge is -2.13. The third kappa shape index (κ3) is 3.95. The molecule has 2 aromatic rings. The van der Waals surface area contributed by atoms with E-state index in [0.717, 1.165) is 5.56 Å². The van der Waals surface area contributed by atoms with Crippen molar-refractivity contribution in [1.29, 1.82) is 0 Å². The number of benzene rings is 2. The summed E-state index contributed by atoms with van der Waals surface area (Å²) in [6.07, 6.45) is 0. The highest BCUT2D eigenvalue weighted by Crippen LogP contribution is 2.28. The largest absolute Gasteiger partial charge is 0.379 e. The topological polar surface area (TPSA) is 89.5 Å². The van der Waals surface area contributed by atoms with E-state index in [2.05, 4.69) is 4.72 Å². The van der Waals surface area contributed by atoms with Gasteiger partial charge in [-0.2, -0.15) is 8.42 Å². The monoisotopic (exact) mass is 369 g/mol. The van der Waals surface area contributed by atoms with Crippen molar-refractivity contribution in [3.63, 3.8) is 0 Å². The van der Waals surface area contributed by atoms with Crippen LogP contribution in [0, 0.1) is 0 Å². The summed E-state index contributed by atoms with van der Waals surface area (Å²) in [5.41, 5.74) is 0.774. The first-order valence-corrected chi connectivity index (χ1v) is 10.1. The van der Waals surface area contributed by atoms with Gasteiger partial charge in [0.05, 0.1) is 4.90 Å². The average molecular weight is 369 g/mol. The minimum absolute atomic E-state index is 0.0217. The van der Waals surface area contributed by atoms with Crippen LogP contribution in [-0.2, 0) is 20.1 Å². The first kappa shape index (κ1) is 18.4. The molecule has 8 heteroatoms. The van der Waals surface area contributed by atoms with Crippen LogP contribution in [0.3, 0.4) is 0 Å². The molecule has 2 aromatic carbocycles. The number of sulfonamides is 1. The fourth-order valence-corrected chi connectivity index (χ4v) is 3.79. The van der Waals surface area contributed by atoms with Crippen LogP contribution in [0.25, 0.3) is 0 Å². The van der Waals surface area contributed by atoms with E-state index in [0.29, 0.717) is 0 Å². The summed E-state index contributed by atoms with van der Waals surface area (Å²) in [5, 5.41) is 0. The maximum atomic E-state index is 12.4. The fourth-order valence-electron chi connectivity index (χ4n) is 2.10. The Morgan fingerprint density at radius 2 is 1.42 bits per heavy atom. The van der Waals surface area contributed by atoms with Gasteiger partial charge >= 0.3 is 10.1 Å². The Balaban J connectivity index is 2.35. The van der Waals surface area contributed by atoms with Gasteiger partial charge in [0.1, 0.15) is 10.6 Å². The van der Waals surface area contributed by atoms with E-state index in [1.165, 1.54) is 31.3 Å². The van der Waals surface area contributed by atoms with E-state index >= 15 is 0 Å². The van der Waals surface area contributed by atoms with Crippen molar-refractivity contribution in [2.75, 3.05) is 7.05 Å². The highest BCUT2D eigenvalue weighted by Gasteiger charge is 2.20. The Morgan fingerprint density at radius 3 is 1.96 bits per heavy atom. The molecular weight excluding hydrogens is 350 g/mol. The second-order valence-corrected chi connectivity index (χ2v) is 8.84. The molecule has 24 heavy (non-hydrogen) atoms. The van der Waals surface area contributed by atoms with Gasteiger partial charge in [0.2, 0.25) is 10.0 Å². The van der Waals surface area contributed by atoms with Crippen LogP contribution in [0.5, 0.6) is 5.75 Å². The van der Waals surface area contributed by atoms with Gasteiger partial charge in [-0.05, 0) is 48.9 Å². The van der Waals surface area contributed by atoms with E-state index < -0.39 is 20.1 Å². The van der Waals surface area contributed by atoms with Crippen LogP contribution in [0.1, 0.15) is 25.3 Å². The maximum absolute atomic E-state index is 12.4. The van der Waals surface area contributed by atoms with Crippen molar-refractivity contribution >= 4 is 20.1 Å². The minimum atomic E-state index is -4.05. The van der Waals surface area contributed by atoms with Crippen LogP contribution in [-0.4, -0.2) is 23.9 Å². The van der Waals surface area contributed by atoms with Crippen molar-refractivity contribution in [3.8, 4) is 5.75 Å². The van der Waals surface area contributed by atoms with Crippen LogP contribution >= 0.6 is 0 Å². The zero-order valence-corrected chi connectivity index (χ0v) is 15.2. The summed E-state index contributed by atoms with van der Waals surface area (Å²) in [4.78, 5) is -0.136. The number of hydrogen-bond acceptors (Lipinski definition) is 5. The second-order valence-electron chi connectivity index (χ2n) is 5.41. The quantitative estimate of drug-likeness (QED) is 0.790. The number of rotatable bonds is 6. The summed E-state index contributed by atoms with van der Waals surface area (Å²) >= 11 is 0. The molecule has 0 saturated carbocycles. The molecule has 2 rings (SSSR count). The standard InChI is InChI=1S/C16H19NO5S2/c1-12(2)15-6-4-5-7-16(15)22-24(20,21)14-10-8-13(9-11-14)23(18,19)17-3/h4-12,17H,1-3H3. The molecule has 0 spiro atoms. The Kier molecular flexibility index (Phi) is 5.32. The summed E-state index contributed by atoms with van der Waals surface area (Å²) in [5.74, 6) is 0.360. The van der Waals surface area contributed by atoms with Crippen LogP contribution in [0.15, 0.2) is 58.3 Å². The Bertz CT molecular complexity index is 917. The van der Waals surface area contributed by atoms with E-state index in [-0.39, 0.29) is 21.5 Å². The molecule has 0 heterocycles. The normalized spacial score (nSPS) is 12.3. The molecule has 0 aliphatic rings. The number of hydrogen-bond donors (Lipinski definition) is 1. The van der Waals surface area contributed by atoms with Crippen LogP contribution in [0.2, 0.25) is 0 Å². The van der Waals surface area contributed by atoms with Crippen LogP contribution < -0.4 is 8.91 Å². The zero-order valence-electron chi connectivity index (χ0n) is 13.6. The van der Waals surface area contributed by atoms with Gasteiger partial charge in [-0.25, -0.2) is 13.1 Å². The summed E-state index contributed by atoms with van der Waals surface area (Å²) in [6, 6.07) is 11.7. The highest BCUT2D eigenvalue weighted by molar-refractivity contribution is 7.89. The predicted molar refractivity (Wildman–Crippen MR) is 91.0 cm³/mol. The van der Waals surface area contributed by atoms with E-state index in [1.807, 2.05) is 19.9 Å². The molecule has 0 aromatic heterocycles. The van der Waals surface area contributed by atoms with Gasteiger partial charge in [-0.1, -0.05) is 32.0 Å². The zero-order chi connectivity index (χ0) is 18.0. The lowest BCUT2D eigenvalue weighted by Crippen LogP contribution is -2.18. The van der Waals surface area contributed by atoms with Gasteiger partial charge in [-0.3, -0.25) is 0 Å². The summed E-state index contributed by atoms with van der Waals surface area (Å²) in [7, 11) is -6.39. The first-order chi connectivity index (χ1) is 11.2. The van der Waals surface area contributed by atoms with E-state index in [1.54, 1.807) is 18.2 Å². The molecule has 1 N–H and O–H groups in total. The highest BCUT2D eigenvalue weighted by atomic mass is 32.2. The summed E-state index contributed by atoms with van der Waals surface area (Å²) < 4.78 is 55.6. The molecular formula is C16H19NO5S2. The molecule has 6 nitrogen and oxygen atoms in total. The van der Waals surface area contributed by atoms with Crippen LogP contribution in [0.4, 0.5) is 0 Å². The molecule has 0 atom stereocenters. The molecule has 0 bridgehead atoms. The van der Waals surface area contributed by atoms with Crippen molar-refractivity contribution < 1.29 is 21.0 Å². The van der Waals surface area contributed by atoms with Gasteiger partial charge in [0.15, 0.2) is 0 Å². The molecule has 0 aliphatic heterocycles. The Hall–Kier alpha value is -1.90.